The minimum atomic E-state index is -0.228. The lowest BCUT2D eigenvalue weighted by molar-refractivity contribution is 0.153. The van der Waals surface area contributed by atoms with Gasteiger partial charge in [-0.05, 0) is 25.3 Å². The van der Waals surface area contributed by atoms with Crippen LogP contribution < -0.4 is 4.90 Å². The van der Waals surface area contributed by atoms with Gasteiger partial charge in [-0.25, -0.2) is 9.97 Å². The molecule has 0 amide bonds. The molecule has 1 aromatic heterocycles. The van der Waals surface area contributed by atoms with Crippen LogP contribution >= 0.6 is 0 Å². The van der Waals surface area contributed by atoms with Gasteiger partial charge in [-0.2, -0.15) is 0 Å². The van der Waals surface area contributed by atoms with Gasteiger partial charge in [0.25, 0.3) is 0 Å². The van der Waals surface area contributed by atoms with Gasteiger partial charge in [0.2, 0.25) is 5.95 Å². The Balaban J connectivity index is 2.10. The van der Waals surface area contributed by atoms with Crippen LogP contribution in [0.5, 0.6) is 0 Å². The Bertz CT molecular complexity index is 299. The van der Waals surface area contributed by atoms with E-state index in [9.17, 15) is 5.11 Å². The highest BCUT2D eigenvalue weighted by atomic mass is 16.3. The summed E-state index contributed by atoms with van der Waals surface area (Å²) in [4.78, 5) is 10.5. The number of rotatable bonds is 1. The fraction of sp³-hybridized carbons (Fsp3) is 0.600. The molecule has 2 heterocycles. The average Bonchev–Trinajstić information content (AvgIpc) is 2.19. The normalized spacial score (nSPS) is 22.4. The number of hydrogen-bond donors (Lipinski definition) is 1. The Kier molecular flexibility index (Phi) is 2.63. The molecule has 1 aliphatic rings. The van der Waals surface area contributed by atoms with Crippen LogP contribution in [0.25, 0.3) is 0 Å². The molecule has 0 unspecified atom stereocenters. The van der Waals surface area contributed by atoms with E-state index in [1.165, 1.54) is 0 Å². The molecule has 1 fully saturated rings. The minimum absolute atomic E-state index is 0.228. The maximum Gasteiger partial charge on any atom is 0.225 e. The monoisotopic (exact) mass is 193 g/mol. The molecule has 1 atom stereocenters. The number of aromatic nitrogens is 2. The number of anilines is 1. The molecular formula is C10H15N3O. The second-order valence-electron chi connectivity index (χ2n) is 3.80. The molecule has 1 aromatic rings. The van der Waals surface area contributed by atoms with E-state index in [0.29, 0.717) is 6.54 Å². The summed E-state index contributed by atoms with van der Waals surface area (Å²) in [7, 11) is 0. The first kappa shape index (κ1) is 9.40. The molecular weight excluding hydrogens is 178 g/mol. The van der Waals surface area contributed by atoms with Gasteiger partial charge >= 0.3 is 0 Å². The van der Waals surface area contributed by atoms with Gasteiger partial charge in [0, 0.05) is 25.5 Å². The van der Waals surface area contributed by atoms with E-state index < -0.39 is 0 Å². The Labute approximate surface area is 83.6 Å². The van der Waals surface area contributed by atoms with Gasteiger partial charge in [0.05, 0.1) is 6.10 Å². The number of nitrogens with zero attached hydrogens (tertiary/aromatic N) is 3. The summed E-state index contributed by atoms with van der Waals surface area (Å²) in [5.74, 6) is 0.731. The summed E-state index contributed by atoms with van der Waals surface area (Å²) in [6, 6.07) is 0. The number of piperidine rings is 1. The van der Waals surface area contributed by atoms with Crippen LogP contribution in [0.2, 0.25) is 0 Å². The fourth-order valence-electron chi connectivity index (χ4n) is 1.69. The van der Waals surface area contributed by atoms with Crippen LogP contribution in [0.3, 0.4) is 0 Å². The highest BCUT2D eigenvalue weighted by molar-refractivity contribution is 5.30. The van der Waals surface area contributed by atoms with Crippen molar-refractivity contribution in [2.24, 2.45) is 0 Å². The lowest BCUT2D eigenvalue weighted by Gasteiger charge is -2.29. The van der Waals surface area contributed by atoms with Crippen LogP contribution in [0.15, 0.2) is 12.4 Å². The maximum absolute atomic E-state index is 9.50. The molecule has 4 nitrogen and oxygen atoms in total. The first-order valence-electron chi connectivity index (χ1n) is 4.97. The van der Waals surface area contributed by atoms with Crippen molar-refractivity contribution in [1.29, 1.82) is 0 Å². The van der Waals surface area contributed by atoms with Gasteiger partial charge < -0.3 is 10.0 Å². The van der Waals surface area contributed by atoms with E-state index in [2.05, 4.69) is 9.97 Å². The predicted molar refractivity (Wildman–Crippen MR) is 54.2 cm³/mol. The van der Waals surface area contributed by atoms with Gasteiger partial charge in [-0.1, -0.05) is 0 Å². The Morgan fingerprint density at radius 1 is 1.43 bits per heavy atom. The van der Waals surface area contributed by atoms with Crippen molar-refractivity contribution >= 4 is 5.95 Å². The largest absolute Gasteiger partial charge is 0.391 e. The Hall–Kier alpha value is -1.16. The van der Waals surface area contributed by atoms with E-state index in [1.54, 1.807) is 0 Å². The Morgan fingerprint density at radius 2 is 2.14 bits per heavy atom. The van der Waals surface area contributed by atoms with E-state index in [0.717, 1.165) is 30.9 Å². The lowest BCUT2D eigenvalue weighted by atomic mass is 10.1. The summed E-state index contributed by atoms with van der Waals surface area (Å²) >= 11 is 0. The maximum atomic E-state index is 9.50. The third kappa shape index (κ3) is 2.01. The van der Waals surface area contributed by atoms with E-state index in [-0.39, 0.29) is 6.10 Å². The molecule has 2 rings (SSSR count). The smallest absolute Gasteiger partial charge is 0.225 e. The molecule has 0 aromatic carbocycles. The van der Waals surface area contributed by atoms with Crippen molar-refractivity contribution in [2.45, 2.75) is 25.9 Å². The number of hydrogen-bond acceptors (Lipinski definition) is 4. The predicted octanol–water partition coefficient (Wildman–Crippen LogP) is 0.746. The number of β-amino-alcohol motifs (C(OH)–C–C–N with tert-alkyl or cyclic N) is 1. The van der Waals surface area contributed by atoms with Crippen molar-refractivity contribution in [3.8, 4) is 0 Å². The quantitative estimate of drug-likeness (QED) is 0.715. The van der Waals surface area contributed by atoms with Gasteiger partial charge in [-0.3, -0.25) is 0 Å². The summed E-state index contributed by atoms with van der Waals surface area (Å²) in [6.45, 7) is 3.57. The molecule has 0 aliphatic carbocycles. The number of aliphatic hydroxyl groups excluding tert-OH is 1. The molecule has 0 spiro atoms. The van der Waals surface area contributed by atoms with E-state index in [1.807, 2.05) is 24.2 Å². The fourth-order valence-corrected chi connectivity index (χ4v) is 1.69. The third-order valence-electron chi connectivity index (χ3n) is 2.45. The summed E-state index contributed by atoms with van der Waals surface area (Å²) in [5.41, 5.74) is 1.06. The zero-order chi connectivity index (χ0) is 9.97. The number of aliphatic hydroxyl groups is 1. The van der Waals surface area contributed by atoms with Crippen molar-refractivity contribution in [1.82, 2.24) is 9.97 Å². The molecule has 1 N–H and O–H groups in total. The van der Waals surface area contributed by atoms with Crippen LogP contribution in [0.4, 0.5) is 5.95 Å². The van der Waals surface area contributed by atoms with Crippen LogP contribution in [-0.2, 0) is 0 Å². The zero-order valence-corrected chi connectivity index (χ0v) is 8.35. The second kappa shape index (κ2) is 3.92. The summed E-state index contributed by atoms with van der Waals surface area (Å²) in [6.07, 6.45) is 5.29. The molecule has 4 heteroatoms. The van der Waals surface area contributed by atoms with Gasteiger partial charge in [0.15, 0.2) is 0 Å². The first-order valence-corrected chi connectivity index (χ1v) is 4.97. The van der Waals surface area contributed by atoms with Crippen LogP contribution in [-0.4, -0.2) is 34.3 Å². The van der Waals surface area contributed by atoms with Gasteiger partial charge in [0.1, 0.15) is 0 Å². The molecule has 76 valence electrons. The SMILES string of the molecule is Cc1cnc(N2CCC[C@H](O)C2)nc1. The second-order valence-corrected chi connectivity index (χ2v) is 3.80. The van der Waals surface area contributed by atoms with Crippen LogP contribution in [0.1, 0.15) is 18.4 Å². The zero-order valence-electron chi connectivity index (χ0n) is 8.35. The first-order chi connectivity index (χ1) is 6.75. The molecule has 0 bridgehead atoms. The summed E-state index contributed by atoms with van der Waals surface area (Å²) < 4.78 is 0. The molecule has 14 heavy (non-hydrogen) atoms. The highest BCUT2D eigenvalue weighted by Crippen LogP contribution is 2.15. The topological polar surface area (TPSA) is 49.2 Å². The molecule has 1 saturated heterocycles. The van der Waals surface area contributed by atoms with Crippen molar-refractivity contribution in [2.75, 3.05) is 18.0 Å². The van der Waals surface area contributed by atoms with Crippen molar-refractivity contribution in [3.05, 3.63) is 18.0 Å². The standard InChI is InChI=1S/C10H15N3O/c1-8-5-11-10(12-6-8)13-4-2-3-9(14)7-13/h5-6,9,14H,2-4,7H2,1H3/t9-/m0/s1. The molecule has 1 aliphatic heterocycles. The minimum Gasteiger partial charge on any atom is -0.391 e. The number of aryl methyl sites for hydroxylation is 1. The van der Waals surface area contributed by atoms with E-state index >= 15 is 0 Å². The molecule has 0 radical (unpaired) electrons. The van der Waals surface area contributed by atoms with Crippen molar-refractivity contribution in [3.63, 3.8) is 0 Å². The third-order valence-corrected chi connectivity index (χ3v) is 2.45. The lowest BCUT2D eigenvalue weighted by Crippen LogP contribution is -2.39. The average molecular weight is 193 g/mol. The molecule has 0 saturated carbocycles. The Morgan fingerprint density at radius 3 is 2.79 bits per heavy atom. The van der Waals surface area contributed by atoms with Crippen molar-refractivity contribution < 1.29 is 5.11 Å². The van der Waals surface area contributed by atoms with E-state index in [4.69, 9.17) is 0 Å². The highest BCUT2D eigenvalue weighted by Gasteiger charge is 2.19. The van der Waals surface area contributed by atoms with Crippen LogP contribution in [0, 0.1) is 6.92 Å². The summed E-state index contributed by atoms with van der Waals surface area (Å²) in [5, 5.41) is 9.50. The van der Waals surface area contributed by atoms with Gasteiger partial charge in [-0.15, -0.1) is 0 Å².